The monoisotopic (exact) mass is 1050 g/mol. The van der Waals surface area contributed by atoms with E-state index in [9.17, 15) is 72.6 Å². The molecule has 0 bridgehead atoms. The lowest BCUT2D eigenvalue weighted by atomic mass is 10.2. The van der Waals surface area contributed by atoms with E-state index in [2.05, 4.69) is 39.1 Å². The fourth-order valence-corrected chi connectivity index (χ4v) is 10.0. The highest BCUT2D eigenvalue weighted by atomic mass is 32.3. The van der Waals surface area contributed by atoms with Crippen molar-refractivity contribution in [1.29, 1.82) is 0 Å². The number of aryl methyl sites for hydroxylation is 1. The Morgan fingerprint density at radius 2 is 0.769 bits per heavy atom. The topological polar surface area (TPSA) is 485 Å². The molecule has 65 heavy (non-hydrogen) atoms. The zero-order valence-electron chi connectivity index (χ0n) is 32.1. The minimum Gasteiger partial charge on any atom is -0.395 e. The Labute approximate surface area is 368 Å². The van der Waals surface area contributed by atoms with Crippen molar-refractivity contribution < 1.29 is 90.1 Å². The first-order valence-electron chi connectivity index (χ1n) is 16.6. The normalized spacial score (nSPS) is 13.6. The summed E-state index contributed by atoms with van der Waals surface area (Å²) in [6, 6.07) is 8.14. The maximum atomic E-state index is 12.8. The molecule has 0 aliphatic carbocycles. The van der Waals surface area contributed by atoms with Crippen LogP contribution >= 0.6 is 0 Å². The fraction of sp³-hybridized carbons (Fsp3) is 0.172. The summed E-state index contributed by atoms with van der Waals surface area (Å²) in [5, 5.41) is 22.6. The first kappa shape index (κ1) is 52.3. The van der Waals surface area contributed by atoms with E-state index in [1.54, 1.807) is 0 Å². The zero-order valence-corrected chi connectivity index (χ0v) is 37.8. The summed E-state index contributed by atoms with van der Waals surface area (Å²) in [4.78, 5) is -4.77. The molecule has 36 heteroatoms. The van der Waals surface area contributed by atoms with E-state index in [4.69, 9.17) is 20.6 Å². The predicted molar refractivity (Wildman–Crippen MR) is 220 cm³/mol. The van der Waals surface area contributed by atoms with Gasteiger partial charge in [0.05, 0.1) is 45.9 Å². The number of nitrogen functional groups attached to an aromatic ring is 2. The summed E-state index contributed by atoms with van der Waals surface area (Å²) in [6.07, 6.45) is 0. The van der Waals surface area contributed by atoms with Crippen molar-refractivity contribution in [2.75, 3.05) is 36.2 Å². The van der Waals surface area contributed by atoms with Gasteiger partial charge in [-0.2, -0.15) is 42.1 Å². The number of hydrogen-bond donors (Lipinski definition) is 7. The number of nitrogens with two attached hydrogens (primary N) is 2. The van der Waals surface area contributed by atoms with E-state index in [1.165, 1.54) is 13.0 Å². The van der Waals surface area contributed by atoms with Gasteiger partial charge >= 0.3 is 20.8 Å². The van der Waals surface area contributed by atoms with Crippen LogP contribution < -0.4 is 11.5 Å². The van der Waals surface area contributed by atoms with Crippen molar-refractivity contribution in [3.8, 4) is 0 Å². The van der Waals surface area contributed by atoms with Gasteiger partial charge in [0.15, 0.2) is 19.7 Å². The summed E-state index contributed by atoms with van der Waals surface area (Å²) < 4.78 is 223. The molecular formula is C29H30N8O21S7. The van der Waals surface area contributed by atoms with Crippen LogP contribution in [0.4, 0.5) is 45.5 Å². The summed E-state index contributed by atoms with van der Waals surface area (Å²) in [5.41, 5.74) is 7.72. The molecule has 0 fully saturated rings. The summed E-state index contributed by atoms with van der Waals surface area (Å²) >= 11 is 0. The Morgan fingerprint density at radius 3 is 1.12 bits per heavy atom. The first-order chi connectivity index (χ1) is 29.6. The van der Waals surface area contributed by atoms with Crippen molar-refractivity contribution >= 4 is 116 Å². The lowest BCUT2D eigenvalue weighted by molar-refractivity contribution is 0.282. The van der Waals surface area contributed by atoms with Gasteiger partial charge in [-0.3, -0.25) is 22.8 Å². The van der Waals surface area contributed by atoms with Crippen LogP contribution in [0, 0.1) is 6.92 Å². The molecule has 0 spiro atoms. The van der Waals surface area contributed by atoms with Crippen LogP contribution in [-0.4, -0.2) is 106 Å². The molecule has 0 aliphatic rings. The molecule has 0 amide bonds. The van der Waals surface area contributed by atoms with E-state index >= 15 is 0 Å². The molecule has 4 rings (SSSR count). The minimum absolute atomic E-state index is 0.357. The molecule has 354 valence electrons. The van der Waals surface area contributed by atoms with Gasteiger partial charge in [-0.25, -0.2) is 25.2 Å². The SMILES string of the molecule is Cc1ccc(/N=N/c2cc(/N=N/c3ccc(S(=O)(=O)CCOS(=O)(=O)O)cc3S(=O)(=O)O)c(N)c(/N=N/c3ccc(S(=O)(=O)CCOS(=O)(=O)O)cc3S(=O)(=O)O)c2N)c(S(=O)(=O)O)c1. The van der Waals surface area contributed by atoms with Gasteiger partial charge in [-0.15, -0.1) is 30.7 Å². The molecule has 0 unspecified atom stereocenters. The molecule has 0 aromatic heterocycles. The maximum Gasteiger partial charge on any atom is 0.397 e. The average molecular weight is 1050 g/mol. The second-order valence-electron chi connectivity index (χ2n) is 12.5. The maximum absolute atomic E-state index is 12.8. The molecule has 4 aromatic carbocycles. The van der Waals surface area contributed by atoms with E-state index in [1.807, 2.05) is 0 Å². The molecule has 0 radical (unpaired) electrons. The number of nitrogens with zero attached hydrogens (tertiary/aromatic N) is 6. The Kier molecular flexibility index (Phi) is 15.5. The zero-order chi connectivity index (χ0) is 49.1. The molecule has 4 aromatic rings. The van der Waals surface area contributed by atoms with Crippen molar-refractivity contribution in [2.24, 2.45) is 30.7 Å². The Bertz CT molecular complexity index is 3470. The van der Waals surface area contributed by atoms with Crippen molar-refractivity contribution in [1.82, 2.24) is 0 Å². The molecule has 29 nitrogen and oxygen atoms in total. The van der Waals surface area contributed by atoms with Crippen LogP contribution in [0.25, 0.3) is 0 Å². The van der Waals surface area contributed by atoms with Gasteiger partial charge < -0.3 is 11.5 Å². The van der Waals surface area contributed by atoms with Gasteiger partial charge in [-0.1, -0.05) is 6.07 Å². The highest BCUT2D eigenvalue weighted by Crippen LogP contribution is 2.46. The number of hydrogen-bond acceptors (Lipinski definition) is 24. The molecule has 0 atom stereocenters. The molecule has 0 heterocycles. The van der Waals surface area contributed by atoms with Crippen molar-refractivity contribution in [3.05, 3.63) is 66.2 Å². The standard InChI is InChI=1S/C29H30N8O21S7/c1-16-2-5-19(24(12-16)61(42,43)44)32-35-22-15-23(36-33-20-6-3-17(13-25(20)62(45,46)47)59(38,39)10-8-57-64(51,52)53)28(31)29(27(22)30)37-34-21-7-4-18(14-26(21)63(48,49)50)60(40,41)11-9-58-65(54,55)56/h2-7,12-15H,8-11,30-31H2,1H3,(H,42,43,44)(H,45,46,47)(H,48,49,50)(H,51,52,53)(H,54,55,56)/b35-32+,36-33+,37-34+. The van der Waals surface area contributed by atoms with Crippen LogP contribution in [0.3, 0.4) is 0 Å². The third-order valence-electron chi connectivity index (χ3n) is 7.82. The number of azo groups is 3. The highest BCUT2D eigenvalue weighted by Gasteiger charge is 2.26. The van der Waals surface area contributed by atoms with Gasteiger partial charge in [0.25, 0.3) is 30.4 Å². The minimum atomic E-state index is -5.37. The molecule has 0 saturated carbocycles. The van der Waals surface area contributed by atoms with Crippen molar-refractivity contribution in [3.63, 3.8) is 0 Å². The molecule has 9 N–H and O–H groups in total. The van der Waals surface area contributed by atoms with Gasteiger partial charge in [0.1, 0.15) is 48.8 Å². The lowest BCUT2D eigenvalue weighted by Gasteiger charge is -2.11. The highest BCUT2D eigenvalue weighted by molar-refractivity contribution is 7.92. The van der Waals surface area contributed by atoms with E-state index < -0.39 is 166 Å². The van der Waals surface area contributed by atoms with Gasteiger partial charge in [-0.05, 0) is 67.1 Å². The molecule has 0 aliphatic heterocycles. The quantitative estimate of drug-likeness (QED) is 0.0402. The molecular weight excluding hydrogens is 1020 g/mol. The summed E-state index contributed by atoms with van der Waals surface area (Å²) in [5.74, 6) is -2.24. The second-order valence-corrected chi connectivity index (χ2v) is 23.1. The average Bonchev–Trinajstić information content (AvgIpc) is 3.15. The number of sulfone groups is 2. The summed E-state index contributed by atoms with van der Waals surface area (Å²) in [7, 11) is -34.9. The van der Waals surface area contributed by atoms with E-state index in [0.717, 1.165) is 30.3 Å². The van der Waals surface area contributed by atoms with E-state index in [-0.39, 0.29) is 0 Å². The lowest BCUT2D eigenvalue weighted by Crippen LogP contribution is -2.16. The van der Waals surface area contributed by atoms with Crippen LogP contribution in [0.15, 0.2) is 116 Å². The van der Waals surface area contributed by atoms with Crippen molar-refractivity contribution in [2.45, 2.75) is 31.4 Å². The number of anilines is 2. The first-order valence-corrected chi connectivity index (χ1v) is 26.9. The summed E-state index contributed by atoms with van der Waals surface area (Å²) in [6.45, 7) is -0.741. The fourth-order valence-electron chi connectivity index (χ4n) is 4.86. The van der Waals surface area contributed by atoms with Crippen LogP contribution in [0.1, 0.15) is 5.56 Å². The second kappa shape index (κ2) is 19.2. The van der Waals surface area contributed by atoms with Gasteiger partial charge in [0, 0.05) is 0 Å². The third kappa shape index (κ3) is 14.3. The smallest absolute Gasteiger partial charge is 0.395 e. The number of benzene rings is 4. The van der Waals surface area contributed by atoms with Crippen LogP contribution in [0.2, 0.25) is 0 Å². The molecule has 0 saturated heterocycles. The largest absolute Gasteiger partial charge is 0.397 e. The Balaban J connectivity index is 1.92. The van der Waals surface area contributed by atoms with Crippen LogP contribution in [-0.2, 0) is 79.2 Å². The predicted octanol–water partition coefficient (Wildman–Crippen LogP) is 3.33. The Hall–Kier alpha value is -5.35. The third-order valence-corrected chi connectivity index (χ3v) is 14.8. The number of rotatable bonds is 19. The van der Waals surface area contributed by atoms with Gasteiger partial charge in [0.2, 0.25) is 0 Å². The van der Waals surface area contributed by atoms with Crippen LogP contribution in [0.5, 0.6) is 0 Å². The van der Waals surface area contributed by atoms with E-state index in [0.29, 0.717) is 29.8 Å². The Morgan fingerprint density at radius 1 is 0.446 bits per heavy atom.